The Labute approximate surface area is 63.2 Å². The Morgan fingerprint density at radius 2 is 2.00 bits per heavy atom. The third-order valence-corrected chi connectivity index (χ3v) is 3.25. The molecule has 1 aliphatic heterocycles. The molecule has 2 rings (SSSR count). The Morgan fingerprint density at radius 1 is 1.20 bits per heavy atom. The van der Waals surface area contributed by atoms with E-state index in [1.165, 1.54) is 32.2 Å². The van der Waals surface area contributed by atoms with Crippen molar-refractivity contribution in [1.29, 1.82) is 0 Å². The normalized spacial score (nSPS) is 47.1. The SMILES string of the molecule is CC1CNC2CCCC[C@@H]12. The lowest BCUT2D eigenvalue weighted by Crippen LogP contribution is -2.29. The molecule has 0 bridgehead atoms. The number of hydrogen-bond donors (Lipinski definition) is 1. The van der Waals surface area contributed by atoms with Crippen LogP contribution in [0.3, 0.4) is 0 Å². The second kappa shape index (κ2) is 2.54. The van der Waals surface area contributed by atoms with E-state index >= 15 is 0 Å². The predicted molar refractivity (Wildman–Crippen MR) is 42.9 cm³/mol. The van der Waals surface area contributed by atoms with Gasteiger partial charge in [-0.2, -0.15) is 0 Å². The lowest BCUT2D eigenvalue weighted by atomic mass is 9.81. The summed E-state index contributed by atoms with van der Waals surface area (Å²) in [5.41, 5.74) is 0. The first-order valence-electron chi connectivity index (χ1n) is 4.61. The molecular formula is C9H17N. The van der Waals surface area contributed by atoms with Crippen LogP contribution in [0, 0.1) is 11.8 Å². The molecule has 2 fully saturated rings. The molecule has 10 heavy (non-hydrogen) atoms. The molecule has 1 N–H and O–H groups in total. The molecule has 0 spiro atoms. The Morgan fingerprint density at radius 3 is 2.80 bits per heavy atom. The van der Waals surface area contributed by atoms with E-state index in [0.717, 1.165) is 17.9 Å². The standard InChI is InChI=1S/C9H17N/c1-7-6-10-9-5-3-2-4-8(7)9/h7-10H,2-6H2,1H3/t7?,8-,9?/m0/s1. The van der Waals surface area contributed by atoms with Crippen molar-refractivity contribution >= 4 is 0 Å². The highest BCUT2D eigenvalue weighted by Gasteiger charge is 2.34. The summed E-state index contributed by atoms with van der Waals surface area (Å²) in [6, 6.07) is 0.892. The van der Waals surface area contributed by atoms with Crippen molar-refractivity contribution in [2.45, 2.75) is 38.6 Å². The van der Waals surface area contributed by atoms with Gasteiger partial charge in [0.1, 0.15) is 0 Å². The minimum atomic E-state index is 0.892. The van der Waals surface area contributed by atoms with Crippen molar-refractivity contribution in [3.8, 4) is 0 Å². The smallest absolute Gasteiger partial charge is 0.00984 e. The van der Waals surface area contributed by atoms with Gasteiger partial charge in [0.25, 0.3) is 0 Å². The van der Waals surface area contributed by atoms with Gasteiger partial charge < -0.3 is 5.32 Å². The second-order valence-electron chi connectivity index (χ2n) is 3.94. The minimum Gasteiger partial charge on any atom is -0.313 e. The summed E-state index contributed by atoms with van der Waals surface area (Å²) in [5, 5.41) is 3.61. The van der Waals surface area contributed by atoms with Gasteiger partial charge in [-0.05, 0) is 31.2 Å². The molecule has 0 aromatic carbocycles. The molecule has 1 nitrogen and oxygen atoms in total. The molecule has 1 heteroatoms. The summed E-state index contributed by atoms with van der Waals surface area (Å²) >= 11 is 0. The maximum absolute atomic E-state index is 3.61. The van der Waals surface area contributed by atoms with E-state index in [1.807, 2.05) is 0 Å². The summed E-state index contributed by atoms with van der Waals surface area (Å²) in [5.74, 6) is 1.97. The molecule has 58 valence electrons. The maximum Gasteiger partial charge on any atom is 0.00984 e. The Kier molecular flexibility index (Phi) is 1.69. The summed E-state index contributed by atoms with van der Waals surface area (Å²) in [7, 11) is 0. The minimum absolute atomic E-state index is 0.892. The number of rotatable bonds is 0. The second-order valence-corrected chi connectivity index (χ2v) is 3.94. The Balaban J connectivity index is 2.01. The van der Waals surface area contributed by atoms with Gasteiger partial charge in [0, 0.05) is 6.04 Å². The average Bonchev–Trinajstić information content (AvgIpc) is 2.34. The number of hydrogen-bond acceptors (Lipinski definition) is 1. The summed E-state index contributed by atoms with van der Waals surface area (Å²) in [4.78, 5) is 0. The van der Waals surface area contributed by atoms with Crippen LogP contribution in [0.25, 0.3) is 0 Å². The molecule has 0 aromatic heterocycles. The molecular weight excluding hydrogens is 122 g/mol. The van der Waals surface area contributed by atoms with E-state index in [9.17, 15) is 0 Å². The first-order chi connectivity index (χ1) is 4.88. The van der Waals surface area contributed by atoms with Crippen LogP contribution in [0.15, 0.2) is 0 Å². The largest absolute Gasteiger partial charge is 0.313 e. The van der Waals surface area contributed by atoms with Crippen molar-refractivity contribution < 1.29 is 0 Å². The van der Waals surface area contributed by atoms with E-state index in [1.54, 1.807) is 0 Å². The average molecular weight is 139 g/mol. The first kappa shape index (κ1) is 6.66. The van der Waals surface area contributed by atoms with Crippen LogP contribution in [0.5, 0.6) is 0 Å². The number of fused-ring (bicyclic) bond motifs is 1. The van der Waals surface area contributed by atoms with Crippen LogP contribution in [-0.4, -0.2) is 12.6 Å². The summed E-state index contributed by atoms with van der Waals surface area (Å²) in [6.07, 6.45) is 5.86. The third kappa shape index (κ3) is 0.968. The van der Waals surface area contributed by atoms with Crippen molar-refractivity contribution in [2.75, 3.05) is 6.54 Å². The van der Waals surface area contributed by atoms with Crippen LogP contribution in [0.1, 0.15) is 32.6 Å². The fourth-order valence-electron chi connectivity index (χ4n) is 2.58. The zero-order chi connectivity index (χ0) is 6.97. The fourth-order valence-corrected chi connectivity index (χ4v) is 2.58. The molecule has 2 unspecified atom stereocenters. The van der Waals surface area contributed by atoms with Crippen LogP contribution >= 0.6 is 0 Å². The molecule has 1 saturated carbocycles. The zero-order valence-corrected chi connectivity index (χ0v) is 6.77. The Bertz CT molecular complexity index is 120. The van der Waals surface area contributed by atoms with Gasteiger partial charge in [-0.3, -0.25) is 0 Å². The molecule has 1 heterocycles. The topological polar surface area (TPSA) is 12.0 Å². The van der Waals surface area contributed by atoms with E-state index in [0.29, 0.717) is 0 Å². The van der Waals surface area contributed by atoms with Gasteiger partial charge in [-0.1, -0.05) is 19.8 Å². The third-order valence-electron chi connectivity index (χ3n) is 3.25. The Hall–Kier alpha value is -0.0400. The lowest BCUT2D eigenvalue weighted by Gasteiger charge is -2.26. The van der Waals surface area contributed by atoms with Crippen LogP contribution in [0.2, 0.25) is 0 Å². The maximum atomic E-state index is 3.61. The molecule has 1 saturated heterocycles. The van der Waals surface area contributed by atoms with Crippen molar-refractivity contribution in [1.82, 2.24) is 5.32 Å². The monoisotopic (exact) mass is 139 g/mol. The van der Waals surface area contributed by atoms with Crippen LogP contribution in [0.4, 0.5) is 0 Å². The van der Waals surface area contributed by atoms with Gasteiger partial charge in [-0.15, -0.1) is 0 Å². The van der Waals surface area contributed by atoms with E-state index in [4.69, 9.17) is 0 Å². The molecule has 2 aliphatic rings. The van der Waals surface area contributed by atoms with Gasteiger partial charge >= 0.3 is 0 Å². The number of nitrogens with one attached hydrogen (secondary N) is 1. The van der Waals surface area contributed by atoms with Gasteiger partial charge in [0.05, 0.1) is 0 Å². The van der Waals surface area contributed by atoms with Crippen LogP contribution < -0.4 is 5.32 Å². The highest BCUT2D eigenvalue weighted by atomic mass is 15.0. The molecule has 3 atom stereocenters. The van der Waals surface area contributed by atoms with Crippen molar-refractivity contribution in [2.24, 2.45) is 11.8 Å². The van der Waals surface area contributed by atoms with Crippen LogP contribution in [-0.2, 0) is 0 Å². The van der Waals surface area contributed by atoms with E-state index in [2.05, 4.69) is 12.2 Å². The van der Waals surface area contributed by atoms with Crippen molar-refractivity contribution in [3.05, 3.63) is 0 Å². The fraction of sp³-hybridized carbons (Fsp3) is 1.00. The molecule has 1 aliphatic carbocycles. The van der Waals surface area contributed by atoms with Gasteiger partial charge in [0.15, 0.2) is 0 Å². The van der Waals surface area contributed by atoms with Crippen molar-refractivity contribution in [3.63, 3.8) is 0 Å². The lowest BCUT2D eigenvalue weighted by molar-refractivity contribution is 0.285. The quantitative estimate of drug-likeness (QED) is 0.539. The van der Waals surface area contributed by atoms with E-state index < -0.39 is 0 Å². The van der Waals surface area contributed by atoms with Gasteiger partial charge in [-0.25, -0.2) is 0 Å². The molecule has 0 aromatic rings. The highest BCUT2D eigenvalue weighted by Crippen LogP contribution is 2.33. The molecule has 0 amide bonds. The predicted octanol–water partition coefficient (Wildman–Crippen LogP) is 1.78. The highest BCUT2D eigenvalue weighted by molar-refractivity contribution is 4.90. The summed E-state index contributed by atoms with van der Waals surface area (Å²) in [6.45, 7) is 3.66. The molecule has 0 radical (unpaired) electrons. The summed E-state index contributed by atoms with van der Waals surface area (Å²) < 4.78 is 0. The van der Waals surface area contributed by atoms with E-state index in [-0.39, 0.29) is 0 Å². The first-order valence-corrected chi connectivity index (χ1v) is 4.61. The van der Waals surface area contributed by atoms with Gasteiger partial charge in [0.2, 0.25) is 0 Å². The zero-order valence-electron chi connectivity index (χ0n) is 6.77.